The summed E-state index contributed by atoms with van der Waals surface area (Å²) in [5.41, 5.74) is 6.71. The topological polar surface area (TPSA) is 46.3 Å². The molecule has 0 spiro atoms. The predicted molar refractivity (Wildman–Crippen MR) is 88.9 cm³/mol. The molecule has 0 radical (unpaired) electrons. The van der Waals surface area contributed by atoms with E-state index < -0.39 is 0 Å². The summed E-state index contributed by atoms with van der Waals surface area (Å²) in [5, 5.41) is -0.0929. The molecule has 0 bridgehead atoms. The molecule has 20 heavy (non-hydrogen) atoms. The number of hydrogen-bond donors (Lipinski definition) is 1. The van der Waals surface area contributed by atoms with Crippen molar-refractivity contribution in [1.82, 2.24) is 4.90 Å². The molecule has 1 heterocycles. The van der Waals surface area contributed by atoms with Crippen molar-refractivity contribution in [3.05, 3.63) is 22.7 Å². The van der Waals surface area contributed by atoms with Crippen LogP contribution in [0.4, 0.5) is 5.69 Å². The molecule has 1 fully saturated rings. The molecule has 0 saturated carbocycles. The van der Waals surface area contributed by atoms with Gasteiger partial charge >= 0.3 is 0 Å². The van der Waals surface area contributed by atoms with Gasteiger partial charge in [0, 0.05) is 28.1 Å². The fraction of sp³-hybridized carbons (Fsp3) is 0.533. The molecule has 1 aliphatic heterocycles. The zero-order valence-corrected chi connectivity index (χ0v) is 14.2. The Kier molecular flexibility index (Phi) is 5.78. The Morgan fingerprint density at radius 3 is 2.60 bits per heavy atom. The van der Waals surface area contributed by atoms with E-state index >= 15 is 0 Å². The standard InChI is InChI=1S/C15H21BrN2OS/c1-11(15(19)18-8-4-2-3-5-9-18)20-14-10-12(16)6-7-13(14)17/h6-7,10-11H,2-5,8-9,17H2,1H3. The maximum Gasteiger partial charge on any atom is 0.235 e. The molecule has 3 nitrogen and oxygen atoms in total. The Bertz CT molecular complexity index is 473. The summed E-state index contributed by atoms with van der Waals surface area (Å²) >= 11 is 4.99. The number of likely N-dealkylation sites (tertiary alicyclic amines) is 1. The molecule has 1 aliphatic rings. The second-order valence-corrected chi connectivity index (χ2v) is 7.48. The van der Waals surface area contributed by atoms with E-state index in [1.807, 2.05) is 30.0 Å². The zero-order chi connectivity index (χ0) is 14.5. The van der Waals surface area contributed by atoms with E-state index in [0.29, 0.717) is 0 Å². The minimum Gasteiger partial charge on any atom is -0.398 e. The second kappa shape index (κ2) is 7.36. The minimum atomic E-state index is -0.0929. The van der Waals surface area contributed by atoms with Crippen LogP contribution in [0.15, 0.2) is 27.6 Å². The lowest BCUT2D eigenvalue weighted by Gasteiger charge is -2.24. The number of nitrogens with two attached hydrogens (primary N) is 1. The van der Waals surface area contributed by atoms with E-state index in [9.17, 15) is 4.79 Å². The lowest BCUT2D eigenvalue weighted by Crippen LogP contribution is -2.37. The molecule has 5 heteroatoms. The van der Waals surface area contributed by atoms with Gasteiger partial charge in [0.15, 0.2) is 0 Å². The highest BCUT2D eigenvalue weighted by Crippen LogP contribution is 2.32. The monoisotopic (exact) mass is 356 g/mol. The van der Waals surface area contributed by atoms with Crippen molar-refractivity contribution in [1.29, 1.82) is 0 Å². The van der Waals surface area contributed by atoms with Gasteiger partial charge in [-0.05, 0) is 38.0 Å². The number of anilines is 1. The first-order valence-electron chi connectivity index (χ1n) is 7.08. The van der Waals surface area contributed by atoms with Gasteiger partial charge in [0.25, 0.3) is 0 Å². The van der Waals surface area contributed by atoms with Gasteiger partial charge in [-0.1, -0.05) is 28.8 Å². The van der Waals surface area contributed by atoms with Crippen molar-refractivity contribution >= 4 is 39.3 Å². The normalized spacial score (nSPS) is 17.6. The van der Waals surface area contributed by atoms with Crippen LogP contribution in [0, 0.1) is 0 Å². The number of halogens is 1. The van der Waals surface area contributed by atoms with Crippen LogP contribution in [0.25, 0.3) is 0 Å². The van der Waals surface area contributed by atoms with Crippen molar-refractivity contribution < 1.29 is 4.79 Å². The van der Waals surface area contributed by atoms with Gasteiger partial charge in [0.05, 0.1) is 5.25 Å². The largest absolute Gasteiger partial charge is 0.398 e. The lowest BCUT2D eigenvalue weighted by molar-refractivity contribution is -0.130. The van der Waals surface area contributed by atoms with E-state index in [0.717, 1.165) is 41.0 Å². The Balaban J connectivity index is 2.01. The third kappa shape index (κ3) is 4.16. The van der Waals surface area contributed by atoms with E-state index in [1.165, 1.54) is 12.8 Å². The quantitative estimate of drug-likeness (QED) is 0.659. The molecular weight excluding hydrogens is 336 g/mol. The van der Waals surface area contributed by atoms with E-state index in [4.69, 9.17) is 5.73 Å². The SMILES string of the molecule is CC(Sc1cc(Br)ccc1N)C(=O)N1CCCCCC1. The highest BCUT2D eigenvalue weighted by molar-refractivity contribution is 9.10. The predicted octanol–water partition coefficient (Wildman–Crippen LogP) is 3.91. The third-order valence-electron chi connectivity index (χ3n) is 3.54. The van der Waals surface area contributed by atoms with Gasteiger partial charge in [-0.3, -0.25) is 4.79 Å². The van der Waals surface area contributed by atoms with Crippen LogP contribution >= 0.6 is 27.7 Å². The van der Waals surface area contributed by atoms with Crippen LogP contribution < -0.4 is 5.73 Å². The molecule has 0 aliphatic carbocycles. The Hall–Kier alpha value is -0.680. The fourth-order valence-electron chi connectivity index (χ4n) is 2.40. The van der Waals surface area contributed by atoms with E-state index in [2.05, 4.69) is 15.9 Å². The number of nitrogen functional groups attached to an aromatic ring is 1. The summed E-state index contributed by atoms with van der Waals surface area (Å²) in [6.07, 6.45) is 4.73. The molecule has 1 amide bonds. The molecular formula is C15H21BrN2OS. The van der Waals surface area contributed by atoms with Crippen LogP contribution in [0.3, 0.4) is 0 Å². The third-order valence-corrected chi connectivity index (χ3v) is 5.20. The lowest BCUT2D eigenvalue weighted by atomic mass is 10.2. The first-order chi connectivity index (χ1) is 9.58. The molecule has 0 aromatic heterocycles. The maximum absolute atomic E-state index is 12.5. The number of carbonyl (C=O) groups is 1. The van der Waals surface area contributed by atoms with Crippen molar-refractivity contribution in [3.8, 4) is 0 Å². The molecule has 2 N–H and O–H groups in total. The smallest absolute Gasteiger partial charge is 0.235 e. The molecule has 1 aromatic carbocycles. The zero-order valence-electron chi connectivity index (χ0n) is 11.8. The summed E-state index contributed by atoms with van der Waals surface area (Å²) in [6.45, 7) is 3.77. The average molecular weight is 357 g/mol. The molecule has 1 unspecified atom stereocenters. The van der Waals surface area contributed by atoms with Crippen molar-refractivity contribution in [3.63, 3.8) is 0 Å². The maximum atomic E-state index is 12.5. The van der Waals surface area contributed by atoms with Crippen LogP contribution in [-0.4, -0.2) is 29.1 Å². The number of carbonyl (C=O) groups excluding carboxylic acids is 1. The number of benzene rings is 1. The van der Waals surface area contributed by atoms with Gasteiger partial charge in [-0.2, -0.15) is 0 Å². The summed E-state index contributed by atoms with van der Waals surface area (Å²) in [5.74, 6) is 0.233. The highest BCUT2D eigenvalue weighted by atomic mass is 79.9. The van der Waals surface area contributed by atoms with Crippen molar-refractivity contribution in [2.75, 3.05) is 18.8 Å². The Morgan fingerprint density at radius 2 is 1.95 bits per heavy atom. The van der Waals surface area contributed by atoms with Gasteiger partial charge in [-0.15, -0.1) is 11.8 Å². The van der Waals surface area contributed by atoms with Gasteiger partial charge < -0.3 is 10.6 Å². The number of amides is 1. The van der Waals surface area contributed by atoms with Gasteiger partial charge in [0.1, 0.15) is 0 Å². The summed E-state index contributed by atoms with van der Waals surface area (Å²) < 4.78 is 0.989. The summed E-state index contributed by atoms with van der Waals surface area (Å²) in [6, 6.07) is 5.77. The molecule has 2 rings (SSSR count). The van der Waals surface area contributed by atoms with Crippen LogP contribution in [0.5, 0.6) is 0 Å². The first-order valence-corrected chi connectivity index (χ1v) is 8.75. The highest BCUT2D eigenvalue weighted by Gasteiger charge is 2.22. The summed E-state index contributed by atoms with van der Waals surface area (Å²) in [7, 11) is 0. The average Bonchev–Trinajstić information content (AvgIpc) is 2.71. The Morgan fingerprint density at radius 1 is 1.30 bits per heavy atom. The Labute approximate surface area is 133 Å². The minimum absolute atomic E-state index is 0.0929. The van der Waals surface area contributed by atoms with E-state index in [-0.39, 0.29) is 11.2 Å². The van der Waals surface area contributed by atoms with Crippen molar-refractivity contribution in [2.45, 2.75) is 42.8 Å². The number of hydrogen-bond acceptors (Lipinski definition) is 3. The van der Waals surface area contributed by atoms with Crippen molar-refractivity contribution in [2.24, 2.45) is 0 Å². The van der Waals surface area contributed by atoms with Gasteiger partial charge in [0.2, 0.25) is 5.91 Å². The second-order valence-electron chi connectivity index (χ2n) is 5.18. The van der Waals surface area contributed by atoms with Gasteiger partial charge in [-0.25, -0.2) is 0 Å². The van der Waals surface area contributed by atoms with E-state index in [1.54, 1.807) is 11.8 Å². The molecule has 1 aromatic rings. The summed E-state index contributed by atoms with van der Waals surface area (Å²) in [4.78, 5) is 15.5. The van der Waals surface area contributed by atoms with Crippen LogP contribution in [0.1, 0.15) is 32.6 Å². The number of rotatable bonds is 3. The molecule has 110 valence electrons. The number of nitrogens with zero attached hydrogens (tertiary/aromatic N) is 1. The number of thioether (sulfide) groups is 1. The molecule has 1 saturated heterocycles. The van der Waals surface area contributed by atoms with Crippen LogP contribution in [-0.2, 0) is 4.79 Å². The first kappa shape index (κ1) is 15.7. The molecule has 1 atom stereocenters. The van der Waals surface area contributed by atoms with Crippen LogP contribution in [0.2, 0.25) is 0 Å². The fourth-order valence-corrected chi connectivity index (χ4v) is 3.94.